The molecule has 2 rings (SSSR count). The minimum absolute atomic E-state index is 0.583. The van der Waals surface area contributed by atoms with Gasteiger partial charge in [0, 0.05) is 19.2 Å². The third-order valence-electron chi connectivity index (χ3n) is 3.62. The maximum absolute atomic E-state index is 5.36. The highest BCUT2D eigenvalue weighted by molar-refractivity contribution is 5.47. The van der Waals surface area contributed by atoms with Crippen molar-refractivity contribution in [1.29, 1.82) is 0 Å². The lowest BCUT2D eigenvalue weighted by molar-refractivity contribution is 0.335. The van der Waals surface area contributed by atoms with Gasteiger partial charge < -0.3 is 10.3 Å². The first-order valence-electron chi connectivity index (χ1n) is 6.22. The van der Waals surface area contributed by atoms with E-state index >= 15 is 0 Å². The number of nitrogens with two attached hydrogens (primary N) is 1. The van der Waals surface area contributed by atoms with E-state index in [2.05, 4.69) is 34.3 Å². The molecule has 1 aromatic rings. The largest absolute Gasteiger partial charge is 0.357 e. The van der Waals surface area contributed by atoms with Gasteiger partial charge in [-0.2, -0.15) is 0 Å². The standard InChI is InChI=1S/C12H21N5/c1-9-4-3-5-10(6-9)17(2)12-7-11(16-13)14-8-15-12/h7-10H,3-6,13H2,1-2H3,(H,14,15,16). The van der Waals surface area contributed by atoms with Crippen molar-refractivity contribution in [2.75, 3.05) is 17.4 Å². The fourth-order valence-corrected chi connectivity index (χ4v) is 2.56. The maximum Gasteiger partial charge on any atom is 0.145 e. The van der Waals surface area contributed by atoms with E-state index < -0.39 is 0 Å². The lowest BCUT2D eigenvalue weighted by Crippen LogP contribution is -2.36. The van der Waals surface area contributed by atoms with E-state index in [4.69, 9.17) is 5.84 Å². The molecule has 0 amide bonds. The van der Waals surface area contributed by atoms with Gasteiger partial charge in [0.05, 0.1) is 0 Å². The Morgan fingerprint density at radius 1 is 1.41 bits per heavy atom. The Bertz CT molecular complexity index is 368. The minimum atomic E-state index is 0.583. The third-order valence-corrected chi connectivity index (χ3v) is 3.62. The predicted octanol–water partition coefficient (Wildman–Crippen LogP) is 1.78. The van der Waals surface area contributed by atoms with Crippen molar-refractivity contribution in [1.82, 2.24) is 9.97 Å². The molecule has 17 heavy (non-hydrogen) atoms. The number of nitrogens with zero attached hydrogens (tertiary/aromatic N) is 3. The van der Waals surface area contributed by atoms with Crippen LogP contribution >= 0.6 is 0 Å². The first-order chi connectivity index (χ1) is 8.20. The summed E-state index contributed by atoms with van der Waals surface area (Å²) in [6, 6.07) is 2.47. The fourth-order valence-electron chi connectivity index (χ4n) is 2.56. The van der Waals surface area contributed by atoms with Crippen molar-refractivity contribution >= 4 is 11.6 Å². The van der Waals surface area contributed by atoms with Gasteiger partial charge in [-0.3, -0.25) is 0 Å². The summed E-state index contributed by atoms with van der Waals surface area (Å²) < 4.78 is 0. The van der Waals surface area contributed by atoms with Gasteiger partial charge in [0.15, 0.2) is 0 Å². The van der Waals surface area contributed by atoms with Crippen LogP contribution in [-0.4, -0.2) is 23.1 Å². The molecule has 1 aromatic heterocycles. The number of hydrazine groups is 1. The molecule has 1 aliphatic carbocycles. The number of aromatic nitrogens is 2. The average molecular weight is 235 g/mol. The van der Waals surface area contributed by atoms with Crippen LogP contribution in [0.15, 0.2) is 12.4 Å². The molecule has 2 atom stereocenters. The normalized spacial score (nSPS) is 24.4. The Morgan fingerprint density at radius 3 is 2.94 bits per heavy atom. The van der Waals surface area contributed by atoms with Crippen molar-refractivity contribution in [3.8, 4) is 0 Å². The first kappa shape index (κ1) is 12.1. The van der Waals surface area contributed by atoms with E-state index in [0.717, 1.165) is 11.7 Å². The summed E-state index contributed by atoms with van der Waals surface area (Å²) in [5.41, 5.74) is 2.56. The summed E-state index contributed by atoms with van der Waals surface area (Å²) in [4.78, 5) is 10.6. The van der Waals surface area contributed by atoms with Crippen molar-refractivity contribution in [3.63, 3.8) is 0 Å². The molecule has 1 fully saturated rings. The SMILES string of the molecule is CC1CCCC(N(C)c2cc(NN)ncn2)C1. The van der Waals surface area contributed by atoms with Crippen LogP contribution in [0.1, 0.15) is 32.6 Å². The fraction of sp³-hybridized carbons (Fsp3) is 0.667. The summed E-state index contributed by atoms with van der Waals surface area (Å²) in [5, 5.41) is 0. The van der Waals surface area contributed by atoms with Crippen LogP contribution in [-0.2, 0) is 0 Å². The Labute approximate surface area is 102 Å². The van der Waals surface area contributed by atoms with Crippen LogP contribution in [0.25, 0.3) is 0 Å². The van der Waals surface area contributed by atoms with E-state index in [9.17, 15) is 0 Å². The molecular weight excluding hydrogens is 214 g/mol. The molecule has 1 heterocycles. The number of nitrogens with one attached hydrogen (secondary N) is 1. The number of rotatable bonds is 3. The lowest BCUT2D eigenvalue weighted by Gasteiger charge is -2.34. The van der Waals surface area contributed by atoms with Crippen LogP contribution in [0.3, 0.4) is 0 Å². The molecule has 5 heteroatoms. The van der Waals surface area contributed by atoms with Crippen LogP contribution in [0.2, 0.25) is 0 Å². The van der Waals surface area contributed by atoms with Gasteiger partial charge >= 0.3 is 0 Å². The molecule has 0 saturated heterocycles. The predicted molar refractivity (Wildman–Crippen MR) is 69.7 cm³/mol. The van der Waals surface area contributed by atoms with Crippen molar-refractivity contribution in [2.45, 2.75) is 38.6 Å². The zero-order chi connectivity index (χ0) is 12.3. The molecule has 1 aliphatic rings. The number of nitrogen functional groups attached to an aromatic ring is 1. The highest BCUT2D eigenvalue weighted by Gasteiger charge is 2.23. The van der Waals surface area contributed by atoms with Gasteiger partial charge in [0.2, 0.25) is 0 Å². The number of hydrogen-bond donors (Lipinski definition) is 2. The molecule has 5 nitrogen and oxygen atoms in total. The maximum atomic E-state index is 5.36. The minimum Gasteiger partial charge on any atom is -0.357 e. The van der Waals surface area contributed by atoms with Crippen LogP contribution in [0.4, 0.5) is 11.6 Å². The van der Waals surface area contributed by atoms with Gasteiger partial charge in [0.1, 0.15) is 18.0 Å². The van der Waals surface area contributed by atoms with Crippen molar-refractivity contribution in [2.24, 2.45) is 11.8 Å². The summed E-state index contributed by atoms with van der Waals surface area (Å²) in [6.07, 6.45) is 6.70. The Balaban J connectivity index is 2.09. The van der Waals surface area contributed by atoms with E-state index in [0.29, 0.717) is 11.9 Å². The van der Waals surface area contributed by atoms with E-state index in [1.807, 2.05) is 6.07 Å². The molecule has 94 valence electrons. The summed E-state index contributed by atoms with van der Waals surface area (Å²) in [6.45, 7) is 2.33. The van der Waals surface area contributed by atoms with Crippen molar-refractivity contribution < 1.29 is 0 Å². The van der Waals surface area contributed by atoms with Gasteiger partial charge in [-0.05, 0) is 18.8 Å². The second kappa shape index (κ2) is 5.31. The van der Waals surface area contributed by atoms with Crippen LogP contribution in [0.5, 0.6) is 0 Å². The van der Waals surface area contributed by atoms with Crippen LogP contribution < -0.4 is 16.2 Å². The van der Waals surface area contributed by atoms with Gasteiger partial charge in [-0.1, -0.05) is 19.8 Å². The van der Waals surface area contributed by atoms with E-state index in [-0.39, 0.29) is 0 Å². The molecule has 0 spiro atoms. The zero-order valence-corrected chi connectivity index (χ0v) is 10.6. The average Bonchev–Trinajstić information content (AvgIpc) is 2.38. The van der Waals surface area contributed by atoms with E-state index in [1.54, 1.807) is 6.33 Å². The molecule has 1 saturated carbocycles. The number of hydrogen-bond acceptors (Lipinski definition) is 5. The molecule has 0 aromatic carbocycles. The molecule has 2 unspecified atom stereocenters. The van der Waals surface area contributed by atoms with Crippen LogP contribution in [0, 0.1) is 5.92 Å². The monoisotopic (exact) mass is 235 g/mol. The zero-order valence-electron chi connectivity index (χ0n) is 10.6. The Kier molecular flexibility index (Phi) is 3.78. The molecule has 0 radical (unpaired) electrons. The summed E-state index contributed by atoms with van der Waals surface area (Å²) in [7, 11) is 2.10. The first-order valence-corrected chi connectivity index (χ1v) is 6.22. The quantitative estimate of drug-likeness (QED) is 0.617. The highest BCUT2D eigenvalue weighted by Crippen LogP contribution is 2.29. The summed E-state index contributed by atoms with van der Waals surface area (Å²) in [5.74, 6) is 7.77. The molecule has 0 aliphatic heterocycles. The third kappa shape index (κ3) is 2.85. The second-order valence-corrected chi connectivity index (χ2v) is 4.94. The topological polar surface area (TPSA) is 67.1 Å². The Morgan fingerprint density at radius 2 is 2.24 bits per heavy atom. The molecular formula is C12H21N5. The molecule has 3 N–H and O–H groups in total. The lowest BCUT2D eigenvalue weighted by atomic mass is 9.86. The summed E-state index contributed by atoms with van der Waals surface area (Å²) >= 11 is 0. The smallest absolute Gasteiger partial charge is 0.145 e. The second-order valence-electron chi connectivity index (χ2n) is 4.94. The molecule has 0 bridgehead atoms. The highest BCUT2D eigenvalue weighted by atomic mass is 15.3. The van der Waals surface area contributed by atoms with E-state index in [1.165, 1.54) is 25.7 Å². The van der Waals surface area contributed by atoms with Gasteiger partial charge in [-0.25, -0.2) is 15.8 Å². The van der Waals surface area contributed by atoms with Gasteiger partial charge in [-0.15, -0.1) is 0 Å². The number of anilines is 2. The Hall–Kier alpha value is -1.36. The van der Waals surface area contributed by atoms with Crippen molar-refractivity contribution in [3.05, 3.63) is 12.4 Å². The van der Waals surface area contributed by atoms with Gasteiger partial charge in [0.25, 0.3) is 0 Å².